The zero-order chi connectivity index (χ0) is 49.5. The average Bonchev–Trinajstić information content (AvgIpc) is 3.54. The number of hydrogen-bond acceptors (Lipinski definition) is 18. The third-order valence-electron chi connectivity index (χ3n) is 19.2. The highest BCUT2D eigenvalue weighted by molar-refractivity contribution is 5.31. The van der Waals surface area contributed by atoms with Crippen molar-refractivity contribution in [1.29, 1.82) is 0 Å². The monoisotopic (exact) mass is 961 g/mol. The van der Waals surface area contributed by atoms with Crippen molar-refractivity contribution in [1.82, 2.24) is 0 Å². The standard InChI is InChI=1S/C49H84O18/c1-22(24-15-16-47(6)30-12-10-25-26(11-13-31(53)45(25,2)3)49(30,8)32(54)18-48(24,47)7)9-14-33(46(4,5)62)66-44-42(38(59)36(57)28(20-51)64-44)67-43-40(61)39(60)41(29(21-52)65-43)63-27-17-23(19-50)34(55)37(58)35(27)56/h10,22-24,26-44,50-62H,9,11-21H2,1-8H3/t22-,23-,24?,26?,27?,28-,29-,30?,31+,32-,33-,34-,35+,36-,37+,38+,39-,40-,41-,42-,43+,44+,47+,48-,49+/m1/s1. The van der Waals surface area contributed by atoms with Crippen LogP contribution < -0.4 is 0 Å². The Labute approximate surface area is 394 Å². The number of rotatable bonds is 14. The summed E-state index contributed by atoms with van der Waals surface area (Å²) in [6.07, 6.45) is -16.5. The van der Waals surface area contributed by atoms with Crippen molar-refractivity contribution in [2.45, 2.75) is 223 Å². The predicted octanol–water partition coefficient (Wildman–Crippen LogP) is -0.392. The molecule has 18 nitrogen and oxygen atoms in total. The molecule has 7 rings (SSSR count). The van der Waals surface area contributed by atoms with Gasteiger partial charge in [0.15, 0.2) is 12.6 Å². The van der Waals surface area contributed by atoms with Gasteiger partial charge in [-0.25, -0.2) is 0 Å². The topological polar surface area (TPSA) is 309 Å². The Morgan fingerprint density at radius 1 is 0.687 bits per heavy atom. The van der Waals surface area contributed by atoms with E-state index in [9.17, 15) is 66.4 Å². The fourth-order valence-electron chi connectivity index (χ4n) is 14.6. The fourth-order valence-corrected chi connectivity index (χ4v) is 14.6. The Kier molecular flexibility index (Phi) is 15.9. The Balaban J connectivity index is 1.06. The summed E-state index contributed by atoms with van der Waals surface area (Å²) in [6, 6.07) is 0. The molecule has 18 heteroatoms. The molecule has 2 aliphatic heterocycles. The number of fused-ring (bicyclic) bond motifs is 5. The molecule has 25 atom stereocenters. The van der Waals surface area contributed by atoms with Gasteiger partial charge in [-0.05, 0) is 106 Å². The first-order chi connectivity index (χ1) is 31.2. The molecule has 4 saturated carbocycles. The van der Waals surface area contributed by atoms with E-state index in [4.69, 9.17) is 23.7 Å². The Bertz CT molecular complexity index is 1710. The number of ether oxygens (including phenoxy) is 5. The normalized spacial score (nSPS) is 51.0. The van der Waals surface area contributed by atoms with Crippen molar-refractivity contribution in [2.75, 3.05) is 19.8 Å². The maximum absolute atomic E-state index is 12.4. The molecule has 67 heavy (non-hydrogen) atoms. The lowest BCUT2D eigenvalue weighted by atomic mass is 9.38. The first kappa shape index (κ1) is 53.8. The van der Waals surface area contributed by atoms with Gasteiger partial charge in [0.2, 0.25) is 0 Å². The number of hydrogen-bond donors (Lipinski definition) is 13. The summed E-state index contributed by atoms with van der Waals surface area (Å²) in [4.78, 5) is 0. The molecule has 0 radical (unpaired) electrons. The summed E-state index contributed by atoms with van der Waals surface area (Å²) in [6.45, 7) is 14.6. The van der Waals surface area contributed by atoms with E-state index in [1.165, 1.54) is 5.57 Å². The van der Waals surface area contributed by atoms with Crippen LogP contribution in [0.1, 0.15) is 113 Å². The van der Waals surface area contributed by atoms with E-state index in [1.807, 2.05) is 0 Å². The van der Waals surface area contributed by atoms with Gasteiger partial charge in [-0.3, -0.25) is 0 Å². The van der Waals surface area contributed by atoms with E-state index in [2.05, 4.69) is 47.6 Å². The minimum Gasteiger partial charge on any atom is -0.396 e. The maximum Gasteiger partial charge on any atom is 0.187 e. The van der Waals surface area contributed by atoms with Gasteiger partial charge in [-0.1, -0.05) is 53.2 Å². The van der Waals surface area contributed by atoms with Crippen LogP contribution in [0.5, 0.6) is 0 Å². The lowest BCUT2D eigenvalue weighted by Gasteiger charge is -2.67. The molecule has 2 saturated heterocycles. The van der Waals surface area contributed by atoms with E-state index in [0.29, 0.717) is 25.7 Å². The molecule has 0 bridgehead atoms. The molecular formula is C49H84O18. The molecule has 0 spiro atoms. The summed E-state index contributed by atoms with van der Waals surface area (Å²) in [5.74, 6) is -0.112. The lowest BCUT2D eigenvalue weighted by molar-refractivity contribution is -0.380. The third kappa shape index (κ3) is 9.15. The van der Waals surface area contributed by atoms with E-state index in [1.54, 1.807) is 13.8 Å². The van der Waals surface area contributed by atoms with Gasteiger partial charge in [0.25, 0.3) is 0 Å². The Morgan fingerprint density at radius 3 is 1.96 bits per heavy atom. The highest BCUT2D eigenvalue weighted by atomic mass is 16.8. The van der Waals surface area contributed by atoms with Gasteiger partial charge >= 0.3 is 0 Å². The maximum atomic E-state index is 12.4. The minimum absolute atomic E-state index is 0.0717. The summed E-state index contributed by atoms with van der Waals surface area (Å²) in [5.41, 5.74) is -1.18. The van der Waals surface area contributed by atoms with Crippen molar-refractivity contribution in [3.8, 4) is 0 Å². The second-order valence-corrected chi connectivity index (χ2v) is 23.5. The van der Waals surface area contributed by atoms with E-state index < -0.39 is 135 Å². The van der Waals surface area contributed by atoms with E-state index in [-0.39, 0.29) is 51.8 Å². The van der Waals surface area contributed by atoms with Crippen LogP contribution in [-0.4, -0.2) is 196 Å². The van der Waals surface area contributed by atoms with Gasteiger partial charge in [-0.2, -0.15) is 0 Å². The highest BCUT2D eigenvalue weighted by Crippen LogP contribution is 2.75. The van der Waals surface area contributed by atoms with Crippen LogP contribution in [0.2, 0.25) is 0 Å². The zero-order valence-electron chi connectivity index (χ0n) is 40.6. The van der Waals surface area contributed by atoms with Crippen molar-refractivity contribution < 1.29 is 90.1 Å². The zero-order valence-corrected chi connectivity index (χ0v) is 40.6. The van der Waals surface area contributed by atoms with Crippen LogP contribution in [0.25, 0.3) is 0 Å². The van der Waals surface area contributed by atoms with Gasteiger partial charge in [0, 0.05) is 23.4 Å². The number of aliphatic hydroxyl groups excluding tert-OH is 12. The van der Waals surface area contributed by atoms with Crippen molar-refractivity contribution >= 4 is 0 Å². The summed E-state index contributed by atoms with van der Waals surface area (Å²) in [7, 11) is 0. The van der Waals surface area contributed by atoms with E-state index in [0.717, 1.165) is 25.7 Å². The van der Waals surface area contributed by atoms with E-state index >= 15 is 0 Å². The molecule has 0 amide bonds. The van der Waals surface area contributed by atoms with Crippen LogP contribution in [-0.2, 0) is 23.7 Å². The van der Waals surface area contributed by atoms with Gasteiger partial charge in [-0.15, -0.1) is 0 Å². The number of allylic oxidation sites excluding steroid dienone is 1. The van der Waals surface area contributed by atoms with Gasteiger partial charge in [0.05, 0.1) is 49.3 Å². The molecule has 7 aliphatic rings. The Hall–Kier alpha value is -0.980. The first-order valence-electron chi connectivity index (χ1n) is 24.9. The molecule has 0 aromatic carbocycles. The van der Waals surface area contributed by atoms with Gasteiger partial charge in [0.1, 0.15) is 61.0 Å². The molecule has 4 unspecified atom stereocenters. The number of aliphatic hydroxyl groups is 13. The second-order valence-electron chi connectivity index (χ2n) is 23.5. The van der Waals surface area contributed by atoms with Crippen molar-refractivity contribution in [2.24, 2.45) is 51.2 Å². The molecule has 5 aliphatic carbocycles. The Morgan fingerprint density at radius 2 is 1.33 bits per heavy atom. The van der Waals surface area contributed by atoms with Crippen LogP contribution in [0.3, 0.4) is 0 Å². The van der Waals surface area contributed by atoms with Crippen LogP contribution >= 0.6 is 0 Å². The molecule has 0 aromatic rings. The highest BCUT2D eigenvalue weighted by Gasteiger charge is 2.70. The summed E-state index contributed by atoms with van der Waals surface area (Å²) < 4.78 is 30.3. The van der Waals surface area contributed by atoms with Crippen LogP contribution in [0, 0.1) is 51.2 Å². The SMILES string of the molecule is C[C@H](CC[C@@H](O[C@@H]1O[C@H](CO)[C@@H](O)[C@H](O)[C@H]1O[C@@H]1O[C@H](CO)[C@@H](OC2C[C@H](CO)[C@@H](O)[C@H](O)[C@H]2O)[C@H](O)[C@H]1O)C(C)(C)O)C1CC[C@@]2(C)C3CC=C4C(CC[C@H](O)C4(C)C)[C@]3(C)[C@H](O)C[C@]12C. The summed E-state index contributed by atoms with van der Waals surface area (Å²) >= 11 is 0. The quantitative estimate of drug-likeness (QED) is 0.0987. The first-order valence-corrected chi connectivity index (χ1v) is 24.9. The average molecular weight is 961 g/mol. The van der Waals surface area contributed by atoms with Crippen LogP contribution in [0.4, 0.5) is 0 Å². The molecule has 6 fully saturated rings. The van der Waals surface area contributed by atoms with Gasteiger partial charge < -0.3 is 90.1 Å². The van der Waals surface area contributed by atoms with Crippen molar-refractivity contribution in [3.05, 3.63) is 11.6 Å². The van der Waals surface area contributed by atoms with Crippen molar-refractivity contribution in [3.63, 3.8) is 0 Å². The van der Waals surface area contributed by atoms with Crippen LogP contribution in [0.15, 0.2) is 11.6 Å². The molecule has 0 aromatic heterocycles. The predicted molar refractivity (Wildman–Crippen MR) is 238 cm³/mol. The second kappa shape index (κ2) is 19.8. The molecule has 2 heterocycles. The fraction of sp³-hybridized carbons (Fsp3) is 0.959. The summed E-state index contributed by atoms with van der Waals surface area (Å²) in [5, 5.41) is 142. The minimum atomic E-state index is -1.94. The molecule has 388 valence electrons. The smallest absolute Gasteiger partial charge is 0.187 e. The largest absolute Gasteiger partial charge is 0.396 e. The molecule has 13 N–H and O–H groups in total. The lowest BCUT2D eigenvalue weighted by Crippen LogP contribution is -2.66. The third-order valence-corrected chi connectivity index (χ3v) is 19.2. The molecular weight excluding hydrogens is 877 g/mol.